The number of ether oxygens (including phenoxy) is 2. The van der Waals surface area contributed by atoms with Crippen molar-refractivity contribution in [1.29, 1.82) is 0 Å². The van der Waals surface area contributed by atoms with Crippen LogP contribution < -0.4 is 14.4 Å². The van der Waals surface area contributed by atoms with Crippen LogP contribution in [0.3, 0.4) is 0 Å². The zero-order valence-corrected chi connectivity index (χ0v) is 16.6. The van der Waals surface area contributed by atoms with E-state index >= 15 is 0 Å². The minimum atomic E-state index is -4.45. The lowest BCUT2D eigenvalue weighted by atomic mass is 10.0. The summed E-state index contributed by atoms with van der Waals surface area (Å²) in [5.41, 5.74) is 1.57. The molecule has 0 N–H and O–H groups in total. The van der Waals surface area contributed by atoms with Gasteiger partial charge in [0.15, 0.2) is 0 Å². The molecule has 0 unspecified atom stereocenters. The number of halogens is 3. The highest BCUT2D eigenvalue weighted by Crippen LogP contribution is 2.32. The van der Waals surface area contributed by atoms with E-state index in [9.17, 15) is 18.0 Å². The molecule has 0 saturated carbocycles. The predicted molar refractivity (Wildman–Crippen MR) is 109 cm³/mol. The first kappa shape index (κ1) is 20.7. The quantitative estimate of drug-likeness (QED) is 0.551. The van der Waals surface area contributed by atoms with Crippen LogP contribution in [0.1, 0.15) is 27.9 Å². The van der Waals surface area contributed by atoms with Gasteiger partial charge in [-0.3, -0.25) is 4.79 Å². The Morgan fingerprint density at radius 2 is 1.77 bits per heavy atom. The molecule has 31 heavy (non-hydrogen) atoms. The first-order chi connectivity index (χ1) is 14.8. The number of aromatic nitrogens is 1. The monoisotopic (exact) mass is 428 g/mol. The van der Waals surface area contributed by atoms with Gasteiger partial charge in [-0.15, -0.1) is 0 Å². The summed E-state index contributed by atoms with van der Waals surface area (Å²) in [6.07, 6.45) is -2.00. The number of fused-ring (bicyclic) bond motifs is 1. The van der Waals surface area contributed by atoms with Crippen molar-refractivity contribution in [2.24, 2.45) is 0 Å². The largest absolute Gasteiger partial charge is 0.497 e. The summed E-state index contributed by atoms with van der Waals surface area (Å²) < 4.78 is 48.6. The summed E-state index contributed by atoms with van der Waals surface area (Å²) in [6.45, 7) is 0.617. The van der Waals surface area contributed by atoms with Crippen molar-refractivity contribution in [2.75, 3.05) is 18.6 Å². The zero-order chi connectivity index (χ0) is 22.0. The molecule has 2 aromatic carbocycles. The molecule has 4 rings (SSSR count). The van der Waals surface area contributed by atoms with Gasteiger partial charge in [0.05, 0.1) is 12.7 Å². The molecule has 0 bridgehead atoms. The molecule has 1 aromatic heterocycles. The van der Waals surface area contributed by atoms with Gasteiger partial charge in [-0.1, -0.05) is 0 Å². The Morgan fingerprint density at radius 3 is 2.42 bits per heavy atom. The Bertz CT molecular complexity index is 1080. The SMILES string of the molecule is COc1ccc2c(c1)CCCN2C(=O)c1ccc(Oc2ccc(C(F)(F)F)cn2)cc1. The van der Waals surface area contributed by atoms with Gasteiger partial charge in [0.25, 0.3) is 5.91 Å². The summed E-state index contributed by atoms with van der Waals surface area (Å²) in [5, 5.41) is 0. The summed E-state index contributed by atoms with van der Waals surface area (Å²) in [4.78, 5) is 18.5. The molecule has 1 aliphatic heterocycles. The molecule has 0 aliphatic carbocycles. The first-order valence-electron chi connectivity index (χ1n) is 9.65. The van der Waals surface area contributed by atoms with Crippen LogP contribution in [0.25, 0.3) is 0 Å². The molecule has 2 heterocycles. The van der Waals surface area contributed by atoms with Crippen LogP contribution >= 0.6 is 0 Å². The number of hydrogen-bond donors (Lipinski definition) is 0. The average molecular weight is 428 g/mol. The Morgan fingerprint density at radius 1 is 1.03 bits per heavy atom. The van der Waals surface area contributed by atoms with Crippen molar-refractivity contribution in [3.8, 4) is 17.4 Å². The predicted octanol–water partition coefficient (Wildman–Crippen LogP) is 5.49. The molecule has 1 aliphatic rings. The van der Waals surface area contributed by atoms with Gasteiger partial charge in [-0.25, -0.2) is 4.98 Å². The third-order valence-corrected chi connectivity index (χ3v) is 5.04. The van der Waals surface area contributed by atoms with Crippen LogP contribution in [0.5, 0.6) is 17.4 Å². The highest BCUT2D eigenvalue weighted by atomic mass is 19.4. The van der Waals surface area contributed by atoms with Crippen LogP contribution in [0.2, 0.25) is 0 Å². The molecule has 8 heteroatoms. The molecule has 5 nitrogen and oxygen atoms in total. The van der Waals surface area contributed by atoms with Gasteiger partial charge in [-0.2, -0.15) is 13.2 Å². The number of nitrogens with zero attached hydrogens (tertiary/aromatic N) is 2. The number of rotatable bonds is 4. The molecule has 0 spiro atoms. The number of hydrogen-bond acceptors (Lipinski definition) is 4. The first-order valence-corrected chi connectivity index (χ1v) is 9.65. The van der Waals surface area contributed by atoms with Gasteiger partial charge in [0.2, 0.25) is 5.88 Å². The maximum atomic E-state index is 13.1. The molecule has 3 aromatic rings. The molecular weight excluding hydrogens is 409 g/mol. The van der Waals surface area contributed by atoms with E-state index in [1.807, 2.05) is 18.2 Å². The van der Waals surface area contributed by atoms with E-state index in [0.717, 1.165) is 48.2 Å². The van der Waals surface area contributed by atoms with Crippen molar-refractivity contribution < 1.29 is 27.4 Å². The second kappa shape index (κ2) is 8.29. The normalized spacial score (nSPS) is 13.5. The van der Waals surface area contributed by atoms with Crippen LogP contribution in [0.15, 0.2) is 60.8 Å². The summed E-state index contributed by atoms with van der Waals surface area (Å²) in [6, 6.07) is 14.2. The fraction of sp³-hybridized carbons (Fsp3) is 0.217. The van der Waals surface area contributed by atoms with Crippen molar-refractivity contribution >= 4 is 11.6 Å². The second-order valence-electron chi connectivity index (χ2n) is 7.06. The number of carbonyl (C=O) groups is 1. The highest BCUT2D eigenvalue weighted by molar-refractivity contribution is 6.06. The highest BCUT2D eigenvalue weighted by Gasteiger charge is 2.30. The number of alkyl halides is 3. The fourth-order valence-corrected chi connectivity index (χ4v) is 3.46. The summed E-state index contributed by atoms with van der Waals surface area (Å²) in [5.74, 6) is 1.02. The number of methoxy groups -OCH3 is 1. The Hall–Kier alpha value is -3.55. The third-order valence-electron chi connectivity index (χ3n) is 5.04. The van der Waals surface area contributed by atoms with E-state index < -0.39 is 11.7 Å². The van der Waals surface area contributed by atoms with Crippen molar-refractivity contribution in [2.45, 2.75) is 19.0 Å². The smallest absolute Gasteiger partial charge is 0.417 e. The number of carbonyl (C=O) groups excluding carboxylic acids is 1. The summed E-state index contributed by atoms with van der Waals surface area (Å²) in [7, 11) is 1.61. The van der Waals surface area contributed by atoms with Gasteiger partial charge >= 0.3 is 6.18 Å². The van der Waals surface area contributed by atoms with E-state index in [4.69, 9.17) is 9.47 Å². The van der Waals surface area contributed by atoms with Gasteiger partial charge < -0.3 is 14.4 Å². The molecule has 0 atom stereocenters. The molecule has 1 amide bonds. The molecular formula is C23H19F3N2O3. The van der Waals surface area contributed by atoms with E-state index in [2.05, 4.69) is 4.98 Å². The number of anilines is 1. The van der Waals surface area contributed by atoms with E-state index in [0.29, 0.717) is 17.9 Å². The molecule has 160 valence electrons. The number of benzene rings is 2. The average Bonchev–Trinajstić information content (AvgIpc) is 2.78. The van der Waals surface area contributed by atoms with E-state index in [1.165, 1.54) is 0 Å². The van der Waals surface area contributed by atoms with E-state index in [1.54, 1.807) is 36.3 Å². The van der Waals surface area contributed by atoms with Crippen molar-refractivity contribution in [3.63, 3.8) is 0 Å². The lowest BCUT2D eigenvalue weighted by molar-refractivity contribution is -0.137. The third kappa shape index (κ3) is 4.47. The minimum absolute atomic E-state index is 0.0333. The lowest BCUT2D eigenvalue weighted by Gasteiger charge is -2.30. The maximum Gasteiger partial charge on any atom is 0.417 e. The van der Waals surface area contributed by atoms with E-state index in [-0.39, 0.29) is 11.8 Å². The number of amides is 1. The minimum Gasteiger partial charge on any atom is -0.497 e. The van der Waals surface area contributed by atoms with Crippen LogP contribution in [0, 0.1) is 0 Å². The van der Waals surface area contributed by atoms with Gasteiger partial charge in [0.1, 0.15) is 11.5 Å². The van der Waals surface area contributed by atoms with Crippen LogP contribution in [-0.2, 0) is 12.6 Å². The van der Waals surface area contributed by atoms with Gasteiger partial charge in [0, 0.05) is 30.1 Å². The fourth-order valence-electron chi connectivity index (χ4n) is 3.46. The van der Waals surface area contributed by atoms with Gasteiger partial charge in [-0.05, 0) is 66.9 Å². The maximum absolute atomic E-state index is 13.1. The molecule has 0 saturated heterocycles. The standard InChI is InChI=1S/C23H19F3N2O3/c1-30-19-9-10-20-16(13-19)3-2-12-28(20)22(29)15-4-7-18(8-5-15)31-21-11-6-17(14-27-21)23(24,25)26/h4-11,13-14H,2-3,12H2,1H3. The Kier molecular flexibility index (Phi) is 5.54. The van der Waals surface area contributed by atoms with Crippen molar-refractivity contribution in [3.05, 3.63) is 77.5 Å². The Balaban J connectivity index is 1.48. The lowest BCUT2D eigenvalue weighted by Crippen LogP contribution is -2.35. The topological polar surface area (TPSA) is 51.7 Å². The van der Waals surface area contributed by atoms with Crippen LogP contribution in [-0.4, -0.2) is 24.5 Å². The molecule has 0 fully saturated rings. The molecule has 0 radical (unpaired) electrons. The summed E-state index contributed by atoms with van der Waals surface area (Å²) >= 11 is 0. The Labute approximate surface area is 177 Å². The number of pyridine rings is 1. The zero-order valence-electron chi connectivity index (χ0n) is 16.6. The van der Waals surface area contributed by atoms with Crippen LogP contribution in [0.4, 0.5) is 18.9 Å². The number of aryl methyl sites for hydroxylation is 1. The second-order valence-corrected chi connectivity index (χ2v) is 7.06. The van der Waals surface area contributed by atoms with Crippen molar-refractivity contribution in [1.82, 2.24) is 4.98 Å².